The van der Waals surface area contributed by atoms with E-state index in [4.69, 9.17) is 33.3 Å². The van der Waals surface area contributed by atoms with Gasteiger partial charge in [0.25, 0.3) is 5.91 Å². The Balaban J connectivity index is 2.78. The number of halogens is 1. The van der Waals surface area contributed by atoms with Crippen LogP contribution >= 0.6 is 23.8 Å². The minimum atomic E-state index is -0.402. The van der Waals surface area contributed by atoms with E-state index in [0.717, 1.165) is 0 Å². The number of ether oxygens (including phenoxy) is 2. The first-order valence-electron chi connectivity index (χ1n) is 6.48. The lowest BCUT2D eigenvalue weighted by molar-refractivity contribution is 0.0943. The highest BCUT2D eigenvalue weighted by Gasteiger charge is 2.16. The zero-order valence-corrected chi connectivity index (χ0v) is 14.7. The van der Waals surface area contributed by atoms with Crippen molar-refractivity contribution in [2.24, 2.45) is 0 Å². The molecule has 0 atom stereocenters. The van der Waals surface area contributed by atoms with Gasteiger partial charge >= 0.3 is 0 Å². The summed E-state index contributed by atoms with van der Waals surface area (Å²) >= 11 is 11.1. The predicted molar refractivity (Wildman–Crippen MR) is 90.6 cm³/mol. The van der Waals surface area contributed by atoms with Crippen molar-refractivity contribution in [1.82, 2.24) is 16.2 Å². The van der Waals surface area contributed by atoms with E-state index < -0.39 is 5.91 Å². The Morgan fingerprint density at radius 2 is 1.82 bits per heavy atom. The van der Waals surface area contributed by atoms with Gasteiger partial charge in [-0.05, 0) is 45.1 Å². The number of methoxy groups -OCH3 is 2. The Morgan fingerprint density at radius 1 is 1.18 bits per heavy atom. The van der Waals surface area contributed by atoms with E-state index in [-0.39, 0.29) is 10.6 Å². The van der Waals surface area contributed by atoms with E-state index in [1.807, 2.05) is 20.8 Å². The molecule has 0 fully saturated rings. The van der Waals surface area contributed by atoms with Crippen molar-refractivity contribution in [3.05, 3.63) is 22.7 Å². The van der Waals surface area contributed by atoms with Crippen LogP contribution in [-0.2, 0) is 0 Å². The van der Waals surface area contributed by atoms with Crippen molar-refractivity contribution in [1.29, 1.82) is 0 Å². The number of nitrogens with one attached hydrogen (secondary N) is 3. The van der Waals surface area contributed by atoms with Crippen molar-refractivity contribution >= 4 is 34.8 Å². The maximum atomic E-state index is 12.1. The molecule has 1 rings (SSSR count). The van der Waals surface area contributed by atoms with Gasteiger partial charge in [0.1, 0.15) is 0 Å². The molecular weight excluding hydrogens is 326 g/mol. The Kier molecular flexibility index (Phi) is 6.25. The molecule has 3 N–H and O–H groups in total. The molecule has 0 aliphatic rings. The molecule has 0 aliphatic carbocycles. The summed E-state index contributed by atoms with van der Waals surface area (Å²) in [6.45, 7) is 5.87. The molecule has 0 aromatic heterocycles. The fourth-order valence-corrected chi connectivity index (χ4v) is 2.25. The van der Waals surface area contributed by atoms with Gasteiger partial charge in [0.15, 0.2) is 16.6 Å². The lowest BCUT2D eigenvalue weighted by Gasteiger charge is -2.23. The number of hydrazine groups is 1. The maximum Gasteiger partial charge on any atom is 0.269 e. The topological polar surface area (TPSA) is 71.6 Å². The summed E-state index contributed by atoms with van der Waals surface area (Å²) < 4.78 is 10.3. The first-order chi connectivity index (χ1) is 10.2. The fourth-order valence-electron chi connectivity index (χ4n) is 1.61. The number of hydrogen-bond donors (Lipinski definition) is 3. The molecule has 8 heteroatoms. The van der Waals surface area contributed by atoms with Crippen LogP contribution in [0.2, 0.25) is 5.02 Å². The third-order valence-corrected chi connectivity index (χ3v) is 2.96. The van der Waals surface area contributed by atoms with Gasteiger partial charge in [-0.15, -0.1) is 0 Å². The summed E-state index contributed by atoms with van der Waals surface area (Å²) in [4.78, 5) is 12.1. The van der Waals surface area contributed by atoms with Crippen LogP contribution in [0.25, 0.3) is 0 Å². The molecule has 0 aliphatic heterocycles. The first kappa shape index (κ1) is 18.3. The Morgan fingerprint density at radius 3 is 2.32 bits per heavy atom. The van der Waals surface area contributed by atoms with Gasteiger partial charge in [-0.25, -0.2) is 0 Å². The molecule has 0 radical (unpaired) electrons. The molecule has 1 aromatic rings. The molecule has 0 bridgehead atoms. The second-order valence-corrected chi connectivity index (χ2v) is 6.29. The zero-order chi connectivity index (χ0) is 16.9. The third kappa shape index (κ3) is 5.23. The molecule has 22 heavy (non-hydrogen) atoms. The Labute approximate surface area is 140 Å². The first-order valence-corrected chi connectivity index (χ1v) is 7.26. The summed E-state index contributed by atoms with van der Waals surface area (Å²) in [6, 6.07) is 3.02. The largest absolute Gasteiger partial charge is 0.493 e. The van der Waals surface area contributed by atoms with E-state index in [9.17, 15) is 4.79 Å². The van der Waals surface area contributed by atoms with E-state index in [1.54, 1.807) is 0 Å². The van der Waals surface area contributed by atoms with Crippen molar-refractivity contribution in [2.75, 3.05) is 14.2 Å². The normalized spacial score (nSPS) is 10.6. The van der Waals surface area contributed by atoms with Crippen LogP contribution in [0.5, 0.6) is 11.5 Å². The van der Waals surface area contributed by atoms with Crippen molar-refractivity contribution < 1.29 is 14.3 Å². The van der Waals surface area contributed by atoms with E-state index in [1.165, 1.54) is 26.4 Å². The van der Waals surface area contributed by atoms with Crippen molar-refractivity contribution in [2.45, 2.75) is 26.3 Å². The SMILES string of the molecule is COc1cc(C(=O)NNC(=S)NC(C)(C)C)cc(Cl)c1OC. The number of carbonyl (C=O) groups is 1. The highest BCUT2D eigenvalue weighted by Crippen LogP contribution is 2.35. The van der Waals surface area contributed by atoms with Crippen LogP contribution in [0.15, 0.2) is 12.1 Å². The highest BCUT2D eigenvalue weighted by atomic mass is 35.5. The summed E-state index contributed by atoms with van der Waals surface area (Å²) in [5.74, 6) is 0.343. The number of rotatable bonds is 3. The third-order valence-electron chi connectivity index (χ3n) is 2.47. The molecule has 0 saturated heterocycles. The van der Waals surface area contributed by atoms with Gasteiger partial charge in [0, 0.05) is 11.1 Å². The van der Waals surface area contributed by atoms with E-state index in [2.05, 4.69) is 16.2 Å². The van der Waals surface area contributed by atoms with Crippen molar-refractivity contribution in [3.63, 3.8) is 0 Å². The van der Waals surface area contributed by atoms with Crippen LogP contribution < -0.4 is 25.6 Å². The molecule has 0 unspecified atom stereocenters. The summed E-state index contributed by atoms with van der Waals surface area (Å²) in [5, 5.41) is 3.61. The molecule has 1 amide bonds. The minimum absolute atomic E-state index is 0.207. The predicted octanol–water partition coefficient (Wildman–Crippen LogP) is 2.26. The molecule has 0 spiro atoms. The molecule has 122 valence electrons. The fraction of sp³-hybridized carbons (Fsp3) is 0.429. The quantitative estimate of drug-likeness (QED) is 0.576. The molecule has 1 aromatic carbocycles. The van der Waals surface area contributed by atoms with Crippen LogP contribution in [-0.4, -0.2) is 30.8 Å². The van der Waals surface area contributed by atoms with Gasteiger partial charge in [-0.1, -0.05) is 11.6 Å². The van der Waals surface area contributed by atoms with Crippen LogP contribution in [0.3, 0.4) is 0 Å². The number of amides is 1. The summed E-state index contributed by atoms with van der Waals surface area (Å²) in [5.41, 5.74) is 5.23. The Bertz CT molecular complexity index is 573. The standard InChI is InChI=1S/C14H20ClN3O3S/c1-14(2,3)16-13(22)18-17-12(19)8-6-9(15)11(21-5)10(7-8)20-4/h6-7H,1-5H3,(H,17,19)(H2,16,18,22). The number of thiocarbonyl (C=S) groups is 1. The van der Waals surface area contributed by atoms with Gasteiger partial charge < -0.3 is 14.8 Å². The second-order valence-electron chi connectivity index (χ2n) is 5.48. The Hall–Kier alpha value is -1.73. The number of hydrogen-bond acceptors (Lipinski definition) is 4. The smallest absolute Gasteiger partial charge is 0.269 e. The minimum Gasteiger partial charge on any atom is -0.493 e. The number of benzene rings is 1. The van der Waals surface area contributed by atoms with E-state index in [0.29, 0.717) is 22.2 Å². The highest BCUT2D eigenvalue weighted by molar-refractivity contribution is 7.80. The van der Waals surface area contributed by atoms with Crippen molar-refractivity contribution in [3.8, 4) is 11.5 Å². The van der Waals surface area contributed by atoms with Gasteiger partial charge in [-0.2, -0.15) is 0 Å². The van der Waals surface area contributed by atoms with Crippen LogP contribution in [0, 0.1) is 0 Å². The molecular formula is C14H20ClN3O3S. The molecule has 0 heterocycles. The van der Waals surface area contributed by atoms with Gasteiger partial charge in [-0.3, -0.25) is 15.6 Å². The lowest BCUT2D eigenvalue weighted by Crippen LogP contribution is -2.52. The van der Waals surface area contributed by atoms with E-state index >= 15 is 0 Å². The second kappa shape index (κ2) is 7.51. The summed E-state index contributed by atoms with van der Waals surface area (Å²) in [6.07, 6.45) is 0. The maximum absolute atomic E-state index is 12.1. The van der Waals surface area contributed by atoms with Gasteiger partial charge in [0.05, 0.1) is 19.2 Å². The average molecular weight is 346 g/mol. The van der Waals surface area contributed by atoms with Crippen LogP contribution in [0.4, 0.5) is 0 Å². The number of carbonyl (C=O) groups excluding carboxylic acids is 1. The molecule has 0 saturated carbocycles. The van der Waals surface area contributed by atoms with Gasteiger partial charge in [0.2, 0.25) is 0 Å². The zero-order valence-electron chi connectivity index (χ0n) is 13.2. The monoisotopic (exact) mass is 345 g/mol. The average Bonchev–Trinajstić information content (AvgIpc) is 2.41. The molecule has 6 nitrogen and oxygen atoms in total. The van der Waals surface area contributed by atoms with Crippen LogP contribution in [0.1, 0.15) is 31.1 Å². The lowest BCUT2D eigenvalue weighted by atomic mass is 10.1. The summed E-state index contributed by atoms with van der Waals surface area (Å²) in [7, 11) is 2.94.